The molecule has 6 rings (SSSR count). The zero-order chi connectivity index (χ0) is 21.7. The van der Waals surface area contributed by atoms with Crippen LogP contribution in [0.2, 0.25) is 0 Å². The zero-order valence-electron chi connectivity index (χ0n) is 17.6. The Labute approximate surface area is 188 Å². The molecule has 2 fully saturated rings. The number of hydrogen-bond acceptors (Lipinski definition) is 6. The van der Waals surface area contributed by atoms with Gasteiger partial charge in [-0.1, -0.05) is 0 Å². The molecular weight excluding hydrogens is 424 g/mol. The summed E-state index contributed by atoms with van der Waals surface area (Å²) < 4.78 is 9.53. The third kappa shape index (κ3) is 3.58. The Kier molecular flexibility index (Phi) is 4.57. The fourth-order valence-corrected chi connectivity index (χ4v) is 4.69. The van der Waals surface area contributed by atoms with Crippen LogP contribution < -0.4 is 10.1 Å². The zero-order valence-corrected chi connectivity index (χ0v) is 18.4. The van der Waals surface area contributed by atoms with Gasteiger partial charge in [0, 0.05) is 29.2 Å². The van der Waals surface area contributed by atoms with Gasteiger partial charge in [-0.2, -0.15) is 0 Å². The average Bonchev–Trinajstić information content (AvgIpc) is 3.69. The standard InChI is InChI=1S/C23H22N6O2S/c1-31-20-7-6-17(28-10-19(24-12-28)14-2-3-14)9-18(20)23(30)26-15-8-21(32-11-15)22-27-25-13-29(22)16-4-5-16/h6-14,16H,2-5H2,1H3,(H,26,30). The smallest absolute Gasteiger partial charge is 0.259 e. The maximum atomic E-state index is 13.1. The molecule has 1 aromatic carbocycles. The molecule has 162 valence electrons. The van der Waals surface area contributed by atoms with Crippen LogP contribution in [0, 0.1) is 0 Å². The number of amides is 1. The SMILES string of the molecule is COc1ccc(-n2cnc(C3CC3)c2)cc1C(=O)Nc1csc(-c2nncn2C2CC2)c1. The van der Waals surface area contributed by atoms with Crippen LogP contribution in [0.15, 0.2) is 48.5 Å². The molecule has 2 aliphatic rings. The van der Waals surface area contributed by atoms with Gasteiger partial charge in [0.2, 0.25) is 0 Å². The molecule has 9 heteroatoms. The molecular formula is C23H22N6O2S. The van der Waals surface area contributed by atoms with Crippen molar-refractivity contribution in [2.75, 3.05) is 12.4 Å². The highest BCUT2D eigenvalue weighted by Crippen LogP contribution is 2.40. The largest absolute Gasteiger partial charge is 0.496 e. The number of nitrogens with zero attached hydrogens (tertiary/aromatic N) is 5. The van der Waals surface area contributed by atoms with E-state index in [-0.39, 0.29) is 5.91 Å². The molecule has 0 aliphatic heterocycles. The molecule has 0 spiro atoms. The summed E-state index contributed by atoms with van der Waals surface area (Å²) in [5.41, 5.74) is 3.18. The van der Waals surface area contributed by atoms with Crippen LogP contribution in [0.4, 0.5) is 5.69 Å². The Morgan fingerprint density at radius 2 is 2.06 bits per heavy atom. The van der Waals surface area contributed by atoms with Crippen LogP contribution in [-0.4, -0.2) is 37.3 Å². The van der Waals surface area contributed by atoms with E-state index in [2.05, 4.69) is 25.1 Å². The summed E-state index contributed by atoms with van der Waals surface area (Å²) in [7, 11) is 1.57. The van der Waals surface area contributed by atoms with Crippen molar-refractivity contribution in [3.05, 3.63) is 59.8 Å². The average molecular weight is 447 g/mol. The van der Waals surface area contributed by atoms with E-state index in [4.69, 9.17) is 4.74 Å². The number of nitrogens with one attached hydrogen (secondary N) is 1. The number of carbonyl (C=O) groups excluding carboxylic acids is 1. The summed E-state index contributed by atoms with van der Waals surface area (Å²) in [5, 5.41) is 13.3. The number of methoxy groups -OCH3 is 1. The van der Waals surface area contributed by atoms with E-state index in [1.54, 1.807) is 31.1 Å². The topological polar surface area (TPSA) is 86.9 Å². The van der Waals surface area contributed by atoms with Gasteiger partial charge in [0.05, 0.1) is 35.3 Å². The summed E-state index contributed by atoms with van der Waals surface area (Å²) in [6.45, 7) is 0. The van der Waals surface area contributed by atoms with Crippen LogP contribution in [-0.2, 0) is 0 Å². The molecule has 32 heavy (non-hydrogen) atoms. The van der Waals surface area contributed by atoms with Crippen molar-refractivity contribution in [2.24, 2.45) is 0 Å². The van der Waals surface area contributed by atoms with E-state index < -0.39 is 0 Å². The van der Waals surface area contributed by atoms with Crippen LogP contribution in [0.25, 0.3) is 16.4 Å². The van der Waals surface area contributed by atoms with Gasteiger partial charge < -0.3 is 19.2 Å². The van der Waals surface area contributed by atoms with Gasteiger partial charge in [-0.15, -0.1) is 21.5 Å². The minimum Gasteiger partial charge on any atom is -0.496 e. The third-order valence-corrected chi connectivity index (χ3v) is 6.84. The molecule has 0 bridgehead atoms. The molecule has 1 amide bonds. The number of ether oxygens (including phenoxy) is 1. The fraction of sp³-hybridized carbons (Fsp3) is 0.304. The minimum atomic E-state index is -0.223. The fourth-order valence-electron chi connectivity index (χ4n) is 3.86. The summed E-state index contributed by atoms with van der Waals surface area (Å²) in [4.78, 5) is 18.6. The van der Waals surface area contributed by atoms with Crippen LogP contribution in [0.5, 0.6) is 5.75 Å². The molecule has 0 saturated heterocycles. The van der Waals surface area contributed by atoms with Crippen LogP contribution in [0.1, 0.15) is 53.7 Å². The second kappa shape index (κ2) is 7.59. The van der Waals surface area contributed by atoms with Gasteiger partial charge in [-0.3, -0.25) is 4.79 Å². The van der Waals surface area contributed by atoms with Crippen molar-refractivity contribution < 1.29 is 9.53 Å². The number of aromatic nitrogens is 5. The van der Waals surface area contributed by atoms with Gasteiger partial charge in [0.1, 0.15) is 12.1 Å². The van der Waals surface area contributed by atoms with Crippen molar-refractivity contribution in [1.29, 1.82) is 0 Å². The van der Waals surface area contributed by atoms with Gasteiger partial charge in [0.15, 0.2) is 5.82 Å². The van der Waals surface area contributed by atoms with Crippen molar-refractivity contribution in [3.8, 4) is 22.1 Å². The molecule has 2 aliphatic carbocycles. The maximum Gasteiger partial charge on any atom is 0.259 e. The Morgan fingerprint density at radius 3 is 2.84 bits per heavy atom. The Balaban J connectivity index is 1.25. The number of rotatable bonds is 7. The van der Waals surface area contributed by atoms with Crippen LogP contribution >= 0.6 is 11.3 Å². The van der Waals surface area contributed by atoms with Crippen molar-refractivity contribution in [3.63, 3.8) is 0 Å². The Bertz CT molecular complexity index is 1300. The highest BCUT2D eigenvalue weighted by Gasteiger charge is 2.27. The van der Waals surface area contributed by atoms with Gasteiger partial charge in [0.25, 0.3) is 5.91 Å². The lowest BCUT2D eigenvalue weighted by molar-refractivity contribution is 0.102. The normalized spacial score (nSPS) is 15.7. The number of carbonyl (C=O) groups is 1. The Hall–Kier alpha value is -3.46. The summed E-state index contributed by atoms with van der Waals surface area (Å²) in [5.74, 6) is 1.73. The molecule has 0 unspecified atom stereocenters. The van der Waals surface area contributed by atoms with E-state index in [1.165, 1.54) is 12.8 Å². The number of benzene rings is 1. The molecule has 3 aromatic heterocycles. The molecule has 8 nitrogen and oxygen atoms in total. The molecule has 2 saturated carbocycles. The molecule has 0 atom stereocenters. The second-order valence-corrected chi connectivity index (χ2v) is 9.22. The highest BCUT2D eigenvalue weighted by molar-refractivity contribution is 7.14. The minimum absolute atomic E-state index is 0.223. The van der Waals surface area contributed by atoms with Crippen LogP contribution in [0.3, 0.4) is 0 Å². The highest BCUT2D eigenvalue weighted by atomic mass is 32.1. The molecule has 4 aromatic rings. The molecule has 0 radical (unpaired) electrons. The lowest BCUT2D eigenvalue weighted by Gasteiger charge is -2.11. The van der Waals surface area contributed by atoms with E-state index in [1.807, 2.05) is 40.4 Å². The van der Waals surface area contributed by atoms with E-state index in [0.717, 1.165) is 40.6 Å². The van der Waals surface area contributed by atoms with E-state index in [9.17, 15) is 4.79 Å². The number of hydrogen-bond donors (Lipinski definition) is 1. The molecule has 3 heterocycles. The first-order chi connectivity index (χ1) is 15.7. The summed E-state index contributed by atoms with van der Waals surface area (Å²) in [6, 6.07) is 8.03. The van der Waals surface area contributed by atoms with Crippen molar-refractivity contribution >= 4 is 22.9 Å². The lowest BCUT2D eigenvalue weighted by Crippen LogP contribution is -2.13. The first-order valence-corrected chi connectivity index (χ1v) is 11.6. The second-order valence-electron chi connectivity index (χ2n) is 8.31. The van der Waals surface area contributed by atoms with Crippen molar-refractivity contribution in [2.45, 2.75) is 37.6 Å². The quantitative estimate of drug-likeness (QED) is 0.446. The summed E-state index contributed by atoms with van der Waals surface area (Å²) in [6.07, 6.45) is 10.4. The molecule has 1 N–H and O–H groups in total. The first kappa shape index (κ1) is 19.2. The van der Waals surface area contributed by atoms with Crippen molar-refractivity contribution in [1.82, 2.24) is 24.3 Å². The Morgan fingerprint density at radius 1 is 1.19 bits per heavy atom. The monoisotopic (exact) mass is 446 g/mol. The summed E-state index contributed by atoms with van der Waals surface area (Å²) >= 11 is 1.54. The number of anilines is 1. The van der Waals surface area contributed by atoms with Gasteiger partial charge >= 0.3 is 0 Å². The maximum absolute atomic E-state index is 13.1. The van der Waals surface area contributed by atoms with Gasteiger partial charge in [-0.05, 0) is 49.9 Å². The predicted octanol–water partition coefficient (Wildman–Crippen LogP) is 4.67. The van der Waals surface area contributed by atoms with E-state index >= 15 is 0 Å². The third-order valence-electron chi connectivity index (χ3n) is 5.92. The number of imidazole rings is 1. The lowest BCUT2D eigenvalue weighted by atomic mass is 10.1. The van der Waals surface area contributed by atoms with Gasteiger partial charge in [-0.25, -0.2) is 4.98 Å². The first-order valence-electron chi connectivity index (χ1n) is 10.7. The van der Waals surface area contributed by atoms with E-state index in [0.29, 0.717) is 23.3 Å². The number of thiophene rings is 1. The predicted molar refractivity (Wildman–Crippen MR) is 122 cm³/mol.